The number of ether oxygens (including phenoxy) is 1. The standard InChI is InChI=1S/C21H20FN7O/c1-30-12-15-10-28(27-26-15)11-20-25-19-9-24-18-5-2-13(8-23)6-17(18)21(19)29(20)16-4-3-14(22)7-16/h2,5-6,9-10,14,16H,3-4,7,11-12H2,1H3/t14-,16+/m1/s1. The van der Waals surface area contributed by atoms with E-state index >= 15 is 0 Å². The first-order chi connectivity index (χ1) is 14.7. The Balaban J connectivity index is 1.69. The number of hydrogen-bond donors (Lipinski definition) is 0. The summed E-state index contributed by atoms with van der Waals surface area (Å²) in [6.07, 6.45) is 4.48. The molecular formula is C21H20FN7O. The molecule has 0 radical (unpaired) electrons. The molecule has 4 aromatic rings. The minimum absolute atomic E-state index is 0.00157. The number of fused-ring (bicyclic) bond motifs is 3. The van der Waals surface area contributed by atoms with E-state index in [9.17, 15) is 9.65 Å². The summed E-state index contributed by atoms with van der Waals surface area (Å²) in [6.45, 7) is 0.784. The van der Waals surface area contributed by atoms with Crippen LogP contribution in [0.25, 0.3) is 21.9 Å². The van der Waals surface area contributed by atoms with Crippen molar-refractivity contribution in [3.8, 4) is 6.07 Å². The number of aromatic nitrogens is 6. The molecule has 0 unspecified atom stereocenters. The molecule has 0 bridgehead atoms. The lowest BCUT2D eigenvalue weighted by Gasteiger charge is -2.17. The number of rotatable bonds is 5. The maximum atomic E-state index is 14.1. The number of methoxy groups -OCH3 is 1. The fourth-order valence-electron chi connectivity index (χ4n) is 4.31. The van der Waals surface area contributed by atoms with Gasteiger partial charge in [0.25, 0.3) is 0 Å². The van der Waals surface area contributed by atoms with E-state index in [4.69, 9.17) is 9.72 Å². The van der Waals surface area contributed by atoms with E-state index in [2.05, 4.69) is 25.9 Å². The fraction of sp³-hybridized carbons (Fsp3) is 0.381. The number of hydrogen-bond acceptors (Lipinski definition) is 6. The third kappa shape index (κ3) is 3.19. The molecule has 0 aliphatic heterocycles. The molecule has 0 spiro atoms. The topological polar surface area (TPSA) is 94.4 Å². The Morgan fingerprint density at radius 1 is 1.30 bits per heavy atom. The van der Waals surface area contributed by atoms with E-state index in [0.29, 0.717) is 31.6 Å². The van der Waals surface area contributed by atoms with Gasteiger partial charge in [0.05, 0.1) is 41.7 Å². The van der Waals surface area contributed by atoms with Crippen LogP contribution in [0.15, 0.2) is 30.6 Å². The van der Waals surface area contributed by atoms with Crippen molar-refractivity contribution in [3.05, 3.63) is 47.7 Å². The Morgan fingerprint density at radius 2 is 2.20 bits per heavy atom. The SMILES string of the molecule is COCc1cn(Cc2nc3cnc4ccc(C#N)cc4c3n2[C@H]2CC[C@@H](F)C2)nn1. The normalized spacial score (nSPS) is 19.0. The molecule has 9 heteroatoms. The lowest BCUT2D eigenvalue weighted by molar-refractivity contribution is 0.181. The van der Waals surface area contributed by atoms with Crippen LogP contribution in [0, 0.1) is 11.3 Å². The molecule has 8 nitrogen and oxygen atoms in total. The molecule has 1 fully saturated rings. The van der Waals surface area contributed by atoms with Gasteiger partial charge in [-0.2, -0.15) is 5.26 Å². The maximum absolute atomic E-state index is 14.1. The van der Waals surface area contributed by atoms with E-state index in [-0.39, 0.29) is 6.04 Å². The van der Waals surface area contributed by atoms with Gasteiger partial charge in [0.1, 0.15) is 29.8 Å². The zero-order valence-corrected chi connectivity index (χ0v) is 16.5. The van der Waals surface area contributed by atoms with Crippen molar-refractivity contribution in [2.24, 2.45) is 0 Å². The number of imidazole rings is 1. The van der Waals surface area contributed by atoms with Crippen molar-refractivity contribution in [2.75, 3.05) is 7.11 Å². The van der Waals surface area contributed by atoms with Crippen LogP contribution in [0.3, 0.4) is 0 Å². The number of pyridine rings is 1. The molecule has 152 valence electrons. The molecule has 30 heavy (non-hydrogen) atoms. The second kappa shape index (κ2) is 7.46. The average Bonchev–Trinajstić information content (AvgIpc) is 3.46. The number of halogens is 1. The third-order valence-corrected chi connectivity index (χ3v) is 5.61. The van der Waals surface area contributed by atoms with Gasteiger partial charge < -0.3 is 9.30 Å². The molecule has 0 N–H and O–H groups in total. The Kier molecular flexibility index (Phi) is 4.64. The zero-order valence-electron chi connectivity index (χ0n) is 16.5. The summed E-state index contributed by atoms with van der Waals surface area (Å²) < 4.78 is 23.1. The second-order valence-corrected chi connectivity index (χ2v) is 7.64. The molecule has 1 aromatic carbocycles. The molecule has 5 rings (SSSR count). The van der Waals surface area contributed by atoms with E-state index in [1.165, 1.54) is 0 Å². The van der Waals surface area contributed by atoms with Crippen molar-refractivity contribution >= 4 is 21.9 Å². The van der Waals surface area contributed by atoms with E-state index in [1.807, 2.05) is 18.3 Å². The summed E-state index contributed by atoms with van der Waals surface area (Å²) >= 11 is 0. The van der Waals surface area contributed by atoms with Gasteiger partial charge in [-0.05, 0) is 37.5 Å². The maximum Gasteiger partial charge on any atom is 0.132 e. The predicted octanol–water partition coefficient (Wildman–Crippen LogP) is 3.31. The largest absolute Gasteiger partial charge is 0.378 e. The van der Waals surface area contributed by atoms with Gasteiger partial charge in [0.2, 0.25) is 0 Å². The quantitative estimate of drug-likeness (QED) is 0.506. The van der Waals surface area contributed by atoms with Gasteiger partial charge in [-0.15, -0.1) is 5.10 Å². The van der Waals surface area contributed by atoms with Crippen LogP contribution in [0.1, 0.15) is 42.4 Å². The molecule has 2 atom stereocenters. The molecule has 3 aromatic heterocycles. The van der Waals surface area contributed by atoms with Crippen molar-refractivity contribution in [3.63, 3.8) is 0 Å². The zero-order chi connectivity index (χ0) is 20.7. The number of nitriles is 1. The van der Waals surface area contributed by atoms with Crippen molar-refractivity contribution in [1.29, 1.82) is 5.26 Å². The smallest absolute Gasteiger partial charge is 0.132 e. The molecule has 1 aliphatic rings. The number of benzene rings is 1. The number of nitrogens with zero attached hydrogens (tertiary/aromatic N) is 7. The minimum Gasteiger partial charge on any atom is -0.378 e. The monoisotopic (exact) mass is 405 g/mol. The summed E-state index contributed by atoms with van der Waals surface area (Å²) in [6, 6.07) is 7.61. The highest BCUT2D eigenvalue weighted by molar-refractivity contribution is 6.02. The van der Waals surface area contributed by atoms with Crippen molar-refractivity contribution in [2.45, 2.75) is 44.6 Å². The van der Waals surface area contributed by atoms with Crippen LogP contribution in [0.5, 0.6) is 0 Å². The van der Waals surface area contributed by atoms with Gasteiger partial charge in [-0.3, -0.25) is 4.98 Å². The summed E-state index contributed by atoms with van der Waals surface area (Å²) in [5.41, 5.74) is 3.69. The van der Waals surface area contributed by atoms with Gasteiger partial charge in [0, 0.05) is 18.5 Å². The Morgan fingerprint density at radius 3 is 2.97 bits per heavy atom. The first-order valence-electron chi connectivity index (χ1n) is 9.88. The Hall–Kier alpha value is -3.38. The first-order valence-corrected chi connectivity index (χ1v) is 9.88. The van der Waals surface area contributed by atoms with Crippen LogP contribution in [-0.4, -0.2) is 42.8 Å². The van der Waals surface area contributed by atoms with Crippen LogP contribution in [0.4, 0.5) is 4.39 Å². The molecular weight excluding hydrogens is 385 g/mol. The van der Waals surface area contributed by atoms with Crippen LogP contribution in [0.2, 0.25) is 0 Å². The van der Waals surface area contributed by atoms with E-state index in [1.54, 1.807) is 24.1 Å². The summed E-state index contributed by atoms with van der Waals surface area (Å²) in [5.74, 6) is 0.773. The highest BCUT2D eigenvalue weighted by atomic mass is 19.1. The predicted molar refractivity (Wildman–Crippen MR) is 107 cm³/mol. The average molecular weight is 405 g/mol. The summed E-state index contributed by atoms with van der Waals surface area (Å²) in [5, 5.41) is 18.5. The number of alkyl halides is 1. The van der Waals surface area contributed by atoms with E-state index < -0.39 is 6.17 Å². The second-order valence-electron chi connectivity index (χ2n) is 7.64. The highest BCUT2D eigenvalue weighted by Crippen LogP contribution is 2.37. The molecule has 3 heterocycles. The molecule has 0 amide bonds. The molecule has 0 saturated heterocycles. The first kappa shape index (κ1) is 18.6. The Labute approximate surface area is 171 Å². The van der Waals surface area contributed by atoms with Crippen molar-refractivity contribution < 1.29 is 9.13 Å². The van der Waals surface area contributed by atoms with Crippen LogP contribution in [-0.2, 0) is 17.9 Å². The van der Waals surface area contributed by atoms with E-state index in [0.717, 1.165) is 39.9 Å². The highest BCUT2D eigenvalue weighted by Gasteiger charge is 2.29. The van der Waals surface area contributed by atoms with Gasteiger partial charge in [0.15, 0.2) is 0 Å². The summed E-state index contributed by atoms with van der Waals surface area (Å²) in [7, 11) is 1.61. The lowest BCUT2D eigenvalue weighted by atomic mass is 10.1. The third-order valence-electron chi connectivity index (χ3n) is 5.61. The van der Waals surface area contributed by atoms with Gasteiger partial charge in [-0.1, -0.05) is 5.21 Å². The van der Waals surface area contributed by atoms with Crippen LogP contribution < -0.4 is 0 Å². The molecule has 1 saturated carbocycles. The Bertz CT molecular complexity index is 1270. The van der Waals surface area contributed by atoms with Crippen molar-refractivity contribution in [1.82, 2.24) is 29.5 Å². The minimum atomic E-state index is -0.817. The molecule has 1 aliphatic carbocycles. The lowest BCUT2D eigenvalue weighted by Crippen LogP contribution is -2.14. The van der Waals surface area contributed by atoms with Crippen LogP contribution >= 0.6 is 0 Å². The van der Waals surface area contributed by atoms with Gasteiger partial charge >= 0.3 is 0 Å². The fourth-order valence-corrected chi connectivity index (χ4v) is 4.31. The summed E-state index contributed by atoms with van der Waals surface area (Å²) in [4.78, 5) is 9.32. The van der Waals surface area contributed by atoms with Gasteiger partial charge in [-0.25, -0.2) is 14.1 Å².